The lowest BCUT2D eigenvalue weighted by Gasteiger charge is -2.40. The number of carbonyl (C=O) groups excluding carboxylic acids is 1. The van der Waals surface area contributed by atoms with Crippen LogP contribution in [0, 0.1) is 13.8 Å². The minimum absolute atomic E-state index is 0.0237. The van der Waals surface area contributed by atoms with Gasteiger partial charge in [0.05, 0.1) is 22.0 Å². The Kier molecular flexibility index (Phi) is 8.96. The van der Waals surface area contributed by atoms with Crippen molar-refractivity contribution in [3.63, 3.8) is 0 Å². The fourth-order valence-electron chi connectivity index (χ4n) is 6.64. The van der Waals surface area contributed by atoms with E-state index < -0.39 is 10.0 Å². The summed E-state index contributed by atoms with van der Waals surface area (Å²) >= 11 is 12.6. The highest BCUT2D eigenvalue weighted by Crippen LogP contribution is 2.48. The van der Waals surface area contributed by atoms with Crippen molar-refractivity contribution >= 4 is 50.5 Å². The molecular formula is C33H39Cl2N3O3S. The Hall–Kier alpha value is -2.58. The molecule has 0 N–H and O–H groups in total. The number of hydrogen-bond acceptors (Lipinski definition) is 4. The van der Waals surface area contributed by atoms with E-state index in [9.17, 15) is 13.2 Å². The molecule has 2 aliphatic heterocycles. The molecule has 3 aromatic carbocycles. The predicted molar refractivity (Wildman–Crippen MR) is 174 cm³/mol. The molecule has 2 heterocycles. The Morgan fingerprint density at radius 3 is 2.29 bits per heavy atom. The van der Waals surface area contributed by atoms with Crippen molar-refractivity contribution in [1.82, 2.24) is 4.90 Å². The summed E-state index contributed by atoms with van der Waals surface area (Å²) in [6, 6.07) is 19.8. The highest BCUT2D eigenvalue weighted by atomic mass is 35.5. The molecular weight excluding hydrogens is 589 g/mol. The van der Waals surface area contributed by atoms with Crippen molar-refractivity contribution in [2.45, 2.75) is 50.9 Å². The van der Waals surface area contributed by atoms with E-state index in [1.807, 2.05) is 63.4 Å². The van der Waals surface area contributed by atoms with Gasteiger partial charge in [0.1, 0.15) is 0 Å². The highest BCUT2D eigenvalue weighted by molar-refractivity contribution is 7.92. The number of fused-ring (bicyclic) bond motifs is 2. The van der Waals surface area contributed by atoms with Crippen LogP contribution in [0.5, 0.6) is 0 Å². The lowest BCUT2D eigenvalue weighted by Crippen LogP contribution is -2.46. The summed E-state index contributed by atoms with van der Waals surface area (Å²) in [5, 5.41) is 0.990. The molecule has 42 heavy (non-hydrogen) atoms. The van der Waals surface area contributed by atoms with E-state index in [0.29, 0.717) is 23.0 Å². The fraction of sp³-hybridized carbons (Fsp3) is 0.424. The maximum Gasteiger partial charge on any atom is 0.232 e. The molecule has 224 valence electrons. The molecule has 9 heteroatoms. The Balaban J connectivity index is 1.29. The van der Waals surface area contributed by atoms with Gasteiger partial charge in [0.25, 0.3) is 0 Å². The number of hydrogen-bond donors (Lipinski definition) is 0. The summed E-state index contributed by atoms with van der Waals surface area (Å²) in [7, 11) is -1.50. The number of benzene rings is 3. The molecule has 1 atom stereocenters. The Bertz CT molecular complexity index is 1560. The maximum atomic E-state index is 13.6. The molecule has 0 aliphatic carbocycles. The first-order chi connectivity index (χ1) is 19.9. The largest absolute Gasteiger partial charge is 0.315 e. The van der Waals surface area contributed by atoms with Crippen LogP contribution in [0.3, 0.4) is 0 Å². The topological polar surface area (TPSA) is 60.9 Å². The normalized spacial score (nSPS) is 17.3. The van der Waals surface area contributed by atoms with E-state index in [-0.39, 0.29) is 17.2 Å². The number of para-hydroxylation sites is 1. The first-order valence-electron chi connectivity index (χ1n) is 14.5. The zero-order chi connectivity index (χ0) is 30.2. The molecule has 3 aromatic rings. The molecule has 6 nitrogen and oxygen atoms in total. The minimum atomic E-state index is -3.34. The second kappa shape index (κ2) is 12.2. The zero-order valence-electron chi connectivity index (χ0n) is 24.7. The van der Waals surface area contributed by atoms with Gasteiger partial charge in [-0.25, -0.2) is 8.42 Å². The number of carbonyl (C=O) groups is 1. The summed E-state index contributed by atoms with van der Waals surface area (Å²) in [6.45, 7) is 7.16. The van der Waals surface area contributed by atoms with Crippen LogP contribution in [0.2, 0.25) is 10.0 Å². The molecule has 0 bridgehead atoms. The van der Waals surface area contributed by atoms with E-state index in [4.69, 9.17) is 23.2 Å². The third-order valence-electron chi connectivity index (χ3n) is 9.00. The molecule has 1 amide bonds. The van der Waals surface area contributed by atoms with Gasteiger partial charge in [-0.2, -0.15) is 0 Å². The highest BCUT2D eigenvalue weighted by Gasteiger charge is 2.46. The number of halogens is 2. The Labute approximate surface area is 260 Å². The van der Waals surface area contributed by atoms with E-state index in [1.54, 1.807) is 15.3 Å². The van der Waals surface area contributed by atoms with Crippen LogP contribution in [0.4, 0.5) is 11.4 Å². The van der Waals surface area contributed by atoms with Crippen molar-refractivity contribution in [3.05, 3.63) is 93.0 Å². The molecule has 0 saturated carbocycles. The summed E-state index contributed by atoms with van der Waals surface area (Å²) in [4.78, 5) is 17.7. The van der Waals surface area contributed by atoms with Crippen LogP contribution in [0.25, 0.3) is 0 Å². The quantitative estimate of drug-likeness (QED) is 0.271. The maximum absolute atomic E-state index is 13.6. The standard InChI is InChI=1S/C33H39Cl2N3O3S/c1-23-17-24(2)19-27(18-23)36(3)32(39)21-26(25-9-10-29(34)30(35)20-25)11-14-37-15-12-33(13-16-37)22-38(42(4,40)41)31-8-6-5-7-28(31)33/h5-10,17-20,26H,11-16,21-22H2,1-4H3. The lowest BCUT2D eigenvalue weighted by molar-refractivity contribution is -0.118. The fourth-order valence-corrected chi connectivity index (χ4v) is 7.94. The third kappa shape index (κ3) is 6.49. The Morgan fingerprint density at radius 1 is 0.976 bits per heavy atom. The van der Waals surface area contributed by atoms with Crippen LogP contribution in [-0.4, -0.2) is 58.7 Å². The van der Waals surface area contributed by atoms with E-state index in [2.05, 4.69) is 17.0 Å². The number of sulfonamides is 1. The number of piperidine rings is 1. The lowest BCUT2D eigenvalue weighted by atomic mass is 9.74. The molecule has 1 fully saturated rings. The average molecular weight is 629 g/mol. The molecule has 1 saturated heterocycles. The van der Waals surface area contributed by atoms with E-state index >= 15 is 0 Å². The first-order valence-corrected chi connectivity index (χ1v) is 17.1. The smallest absolute Gasteiger partial charge is 0.232 e. The van der Waals surface area contributed by atoms with Crippen molar-refractivity contribution in [2.24, 2.45) is 0 Å². The number of aryl methyl sites for hydroxylation is 2. The second-order valence-electron chi connectivity index (χ2n) is 12.1. The van der Waals surface area contributed by atoms with Crippen LogP contribution in [0.1, 0.15) is 53.9 Å². The van der Waals surface area contributed by atoms with Gasteiger partial charge in [-0.05, 0) is 111 Å². The SMILES string of the molecule is Cc1cc(C)cc(N(C)C(=O)CC(CCN2CCC3(CC2)CN(S(C)(=O)=O)c2ccccc23)c2ccc(Cl)c(Cl)c2)c1. The van der Waals surface area contributed by atoms with Crippen LogP contribution in [0.15, 0.2) is 60.7 Å². The predicted octanol–water partition coefficient (Wildman–Crippen LogP) is 6.95. The summed E-state index contributed by atoms with van der Waals surface area (Å²) in [5.74, 6) is 0.0292. The average Bonchev–Trinajstić information content (AvgIpc) is 3.27. The van der Waals surface area contributed by atoms with Crippen LogP contribution < -0.4 is 9.21 Å². The zero-order valence-corrected chi connectivity index (χ0v) is 27.1. The third-order valence-corrected chi connectivity index (χ3v) is 10.9. The van der Waals surface area contributed by atoms with Crippen LogP contribution >= 0.6 is 23.2 Å². The van der Waals surface area contributed by atoms with Gasteiger partial charge in [0.2, 0.25) is 15.9 Å². The van der Waals surface area contributed by atoms with Gasteiger partial charge in [-0.1, -0.05) is 53.5 Å². The molecule has 5 rings (SSSR count). The van der Waals surface area contributed by atoms with E-state index in [1.165, 1.54) is 6.26 Å². The molecule has 1 spiro atoms. The number of anilines is 2. The van der Waals surface area contributed by atoms with Gasteiger partial charge in [0, 0.05) is 31.1 Å². The van der Waals surface area contributed by atoms with E-state index in [0.717, 1.165) is 72.5 Å². The van der Waals surface area contributed by atoms with Gasteiger partial charge in [-0.3, -0.25) is 9.10 Å². The number of likely N-dealkylation sites (tertiary alicyclic amines) is 1. The molecule has 0 aromatic heterocycles. The van der Waals surface area contributed by atoms with Gasteiger partial charge in [0.15, 0.2) is 0 Å². The van der Waals surface area contributed by atoms with Gasteiger partial charge in [-0.15, -0.1) is 0 Å². The number of amides is 1. The summed E-state index contributed by atoms with van der Waals surface area (Å²) < 4.78 is 26.7. The van der Waals surface area contributed by atoms with Crippen molar-refractivity contribution in [3.8, 4) is 0 Å². The van der Waals surface area contributed by atoms with Gasteiger partial charge >= 0.3 is 0 Å². The van der Waals surface area contributed by atoms with Crippen molar-refractivity contribution in [1.29, 1.82) is 0 Å². The molecule has 1 unspecified atom stereocenters. The second-order valence-corrected chi connectivity index (χ2v) is 14.8. The number of nitrogens with zero attached hydrogens (tertiary/aromatic N) is 3. The Morgan fingerprint density at radius 2 is 1.64 bits per heavy atom. The molecule has 2 aliphatic rings. The monoisotopic (exact) mass is 627 g/mol. The van der Waals surface area contributed by atoms with Crippen molar-refractivity contribution < 1.29 is 13.2 Å². The minimum Gasteiger partial charge on any atom is -0.315 e. The van der Waals surface area contributed by atoms with Gasteiger partial charge < -0.3 is 9.80 Å². The van der Waals surface area contributed by atoms with Crippen LogP contribution in [-0.2, 0) is 20.2 Å². The summed E-state index contributed by atoms with van der Waals surface area (Å²) in [5.41, 5.74) is 5.95. The van der Waals surface area contributed by atoms with Crippen molar-refractivity contribution in [2.75, 3.05) is 48.7 Å². The number of rotatable bonds is 8. The summed E-state index contributed by atoms with van der Waals surface area (Å²) in [6.07, 6.45) is 4.23. The molecule has 0 radical (unpaired) electrons. The first kappa shape index (κ1) is 30.9.